The average molecular weight is 477 g/mol. The van der Waals surface area contributed by atoms with Crippen molar-refractivity contribution in [3.8, 4) is 5.75 Å². The molecule has 186 valence electrons. The molecule has 7 heteroatoms. The maximum absolute atomic E-state index is 12.3. The fourth-order valence-electron chi connectivity index (χ4n) is 5.95. The van der Waals surface area contributed by atoms with E-state index in [0.717, 1.165) is 61.3 Å². The maximum atomic E-state index is 12.3. The first-order valence-corrected chi connectivity index (χ1v) is 12.8. The minimum atomic E-state index is 0.160. The van der Waals surface area contributed by atoms with Gasteiger partial charge in [-0.25, -0.2) is 0 Å². The van der Waals surface area contributed by atoms with E-state index in [0.29, 0.717) is 19.4 Å². The fourth-order valence-corrected chi connectivity index (χ4v) is 5.95. The first-order valence-electron chi connectivity index (χ1n) is 12.8. The van der Waals surface area contributed by atoms with Crippen LogP contribution >= 0.6 is 0 Å². The second-order valence-electron chi connectivity index (χ2n) is 10.0. The molecule has 5 rings (SSSR count). The number of carbonyl (C=O) groups excluding carboxylic acids is 2. The zero-order chi connectivity index (χ0) is 24.4. The summed E-state index contributed by atoms with van der Waals surface area (Å²) >= 11 is 0. The molecule has 2 fully saturated rings. The normalized spacial score (nSPS) is 24.9. The van der Waals surface area contributed by atoms with Crippen molar-refractivity contribution in [2.75, 3.05) is 32.1 Å². The molecule has 35 heavy (non-hydrogen) atoms. The van der Waals surface area contributed by atoms with Crippen LogP contribution in [0.2, 0.25) is 0 Å². The molecule has 3 heterocycles. The quantitative estimate of drug-likeness (QED) is 0.642. The Kier molecular flexibility index (Phi) is 7.07. The van der Waals surface area contributed by atoms with E-state index < -0.39 is 0 Å². The Balaban J connectivity index is 1.37. The predicted molar refractivity (Wildman–Crippen MR) is 137 cm³/mol. The van der Waals surface area contributed by atoms with Crippen LogP contribution in [0.3, 0.4) is 0 Å². The van der Waals surface area contributed by atoms with Gasteiger partial charge in [0.05, 0.1) is 13.2 Å². The Bertz CT molecular complexity index is 1070. The highest BCUT2D eigenvalue weighted by Crippen LogP contribution is 2.35. The minimum Gasteiger partial charge on any atom is -0.496 e. The summed E-state index contributed by atoms with van der Waals surface area (Å²) in [4.78, 5) is 28.4. The summed E-state index contributed by atoms with van der Waals surface area (Å²) in [6, 6.07) is 15.6. The van der Waals surface area contributed by atoms with E-state index in [-0.39, 0.29) is 29.9 Å². The number of ether oxygens (including phenoxy) is 1. The van der Waals surface area contributed by atoms with Crippen molar-refractivity contribution < 1.29 is 14.3 Å². The monoisotopic (exact) mass is 476 g/mol. The van der Waals surface area contributed by atoms with Crippen molar-refractivity contribution in [1.29, 1.82) is 0 Å². The van der Waals surface area contributed by atoms with E-state index >= 15 is 0 Å². The van der Waals surface area contributed by atoms with Crippen molar-refractivity contribution in [3.63, 3.8) is 0 Å². The lowest BCUT2D eigenvalue weighted by Gasteiger charge is -2.43. The number of fused-ring (bicyclic) bond motifs is 1. The van der Waals surface area contributed by atoms with Gasteiger partial charge in [0.2, 0.25) is 11.8 Å². The summed E-state index contributed by atoms with van der Waals surface area (Å²) in [5.41, 5.74) is 4.52. The van der Waals surface area contributed by atoms with Crippen LogP contribution in [0.4, 0.5) is 5.69 Å². The number of amides is 2. The summed E-state index contributed by atoms with van der Waals surface area (Å²) in [6.45, 7) is 2.57. The topological polar surface area (TPSA) is 73.9 Å². The van der Waals surface area contributed by atoms with Crippen LogP contribution in [0.1, 0.15) is 54.8 Å². The van der Waals surface area contributed by atoms with Crippen LogP contribution in [0.15, 0.2) is 42.5 Å². The molecule has 7 nitrogen and oxygen atoms in total. The van der Waals surface area contributed by atoms with Crippen molar-refractivity contribution in [2.24, 2.45) is 0 Å². The maximum Gasteiger partial charge on any atom is 0.227 e. The van der Waals surface area contributed by atoms with Crippen LogP contribution < -0.4 is 20.3 Å². The molecule has 0 bridgehead atoms. The van der Waals surface area contributed by atoms with E-state index in [4.69, 9.17) is 4.74 Å². The lowest BCUT2D eigenvalue weighted by Crippen LogP contribution is -2.51. The van der Waals surface area contributed by atoms with E-state index in [1.807, 2.05) is 7.05 Å². The van der Waals surface area contributed by atoms with Gasteiger partial charge >= 0.3 is 0 Å². The summed E-state index contributed by atoms with van der Waals surface area (Å²) in [7, 11) is 3.57. The van der Waals surface area contributed by atoms with Gasteiger partial charge in [0.25, 0.3) is 0 Å². The largest absolute Gasteiger partial charge is 0.496 e. The highest BCUT2D eigenvalue weighted by Gasteiger charge is 2.35. The third kappa shape index (κ3) is 5.07. The number of aryl methyl sites for hydroxylation is 1. The lowest BCUT2D eigenvalue weighted by molar-refractivity contribution is -0.119. The lowest BCUT2D eigenvalue weighted by atomic mass is 9.89. The van der Waals surface area contributed by atoms with Crippen molar-refractivity contribution in [3.05, 3.63) is 59.2 Å². The fraction of sp³-hybridized carbons (Fsp3) is 0.500. The Hall–Kier alpha value is -2.90. The molecule has 2 aromatic rings. The van der Waals surface area contributed by atoms with Gasteiger partial charge < -0.3 is 20.3 Å². The number of anilines is 1. The van der Waals surface area contributed by atoms with Crippen molar-refractivity contribution in [1.82, 2.24) is 15.5 Å². The number of rotatable bonds is 7. The van der Waals surface area contributed by atoms with Crippen LogP contribution in [-0.4, -0.2) is 56.0 Å². The van der Waals surface area contributed by atoms with E-state index in [1.165, 1.54) is 5.56 Å². The van der Waals surface area contributed by atoms with E-state index in [9.17, 15) is 9.59 Å². The van der Waals surface area contributed by atoms with E-state index in [2.05, 4.69) is 58.0 Å². The van der Waals surface area contributed by atoms with Gasteiger partial charge in [0, 0.05) is 56.3 Å². The third-order valence-electron chi connectivity index (χ3n) is 7.80. The van der Waals surface area contributed by atoms with Gasteiger partial charge in [-0.1, -0.05) is 30.3 Å². The van der Waals surface area contributed by atoms with Gasteiger partial charge in [-0.05, 0) is 55.5 Å². The zero-order valence-electron chi connectivity index (χ0n) is 20.8. The Labute approximate surface area is 207 Å². The number of hydrogen-bond acceptors (Lipinski definition) is 5. The molecule has 0 saturated carbocycles. The number of nitrogens with zero attached hydrogens (tertiary/aromatic N) is 2. The molecule has 0 aliphatic carbocycles. The molecule has 2 N–H and O–H groups in total. The second-order valence-corrected chi connectivity index (χ2v) is 10.0. The molecule has 0 spiro atoms. The van der Waals surface area contributed by atoms with Gasteiger partial charge in [0.1, 0.15) is 5.75 Å². The first kappa shape index (κ1) is 23.8. The minimum absolute atomic E-state index is 0.160. The predicted octanol–water partition coefficient (Wildman–Crippen LogP) is 3.18. The number of carbonyl (C=O) groups is 2. The SMILES string of the molecule is COc1cc2c(cc1CN[C@H]1CCCN(CC3CCC(=O)N3)[C@@H]1c1ccccc1)N(C)C(=O)CC2. The molecule has 0 aromatic heterocycles. The smallest absolute Gasteiger partial charge is 0.227 e. The first-order chi connectivity index (χ1) is 17.0. The number of nitrogens with one attached hydrogen (secondary N) is 2. The summed E-state index contributed by atoms with van der Waals surface area (Å²) in [5, 5.41) is 6.99. The zero-order valence-corrected chi connectivity index (χ0v) is 20.8. The number of hydrogen-bond donors (Lipinski definition) is 2. The third-order valence-corrected chi connectivity index (χ3v) is 7.80. The molecule has 3 aliphatic rings. The van der Waals surface area contributed by atoms with Crippen LogP contribution in [-0.2, 0) is 22.6 Å². The number of benzene rings is 2. The molecule has 3 aliphatic heterocycles. The van der Waals surface area contributed by atoms with Gasteiger partial charge in [-0.2, -0.15) is 0 Å². The Morgan fingerprint density at radius 2 is 1.91 bits per heavy atom. The highest BCUT2D eigenvalue weighted by molar-refractivity contribution is 5.96. The molecular weight excluding hydrogens is 440 g/mol. The molecule has 1 unspecified atom stereocenters. The standard InChI is InChI=1S/C28H36N4O3/c1-31-24-15-21(25(35-2)16-20(24)10-13-27(31)34)17-29-23-9-6-14-32(18-22-11-12-26(33)30-22)28(23)19-7-4-3-5-8-19/h3-5,7-8,15-16,22-23,28-29H,6,9-14,17-18H2,1-2H3,(H,30,33)/t22?,23-,28+/m0/s1. The summed E-state index contributed by atoms with van der Waals surface area (Å²) in [5.74, 6) is 1.20. The van der Waals surface area contributed by atoms with Crippen molar-refractivity contribution >= 4 is 17.5 Å². The highest BCUT2D eigenvalue weighted by atomic mass is 16.5. The van der Waals surface area contributed by atoms with Crippen LogP contribution in [0.25, 0.3) is 0 Å². The Morgan fingerprint density at radius 3 is 2.66 bits per heavy atom. The Morgan fingerprint density at radius 1 is 1.09 bits per heavy atom. The summed E-state index contributed by atoms with van der Waals surface area (Å²) < 4.78 is 5.75. The number of methoxy groups -OCH3 is 1. The van der Waals surface area contributed by atoms with Gasteiger partial charge in [-0.15, -0.1) is 0 Å². The molecule has 2 saturated heterocycles. The molecule has 0 radical (unpaired) electrons. The molecular formula is C28H36N4O3. The van der Waals surface area contributed by atoms with Crippen LogP contribution in [0, 0.1) is 0 Å². The average Bonchev–Trinajstić information content (AvgIpc) is 3.29. The summed E-state index contributed by atoms with van der Waals surface area (Å²) in [6.07, 6.45) is 5.04. The van der Waals surface area contributed by atoms with Crippen LogP contribution in [0.5, 0.6) is 5.75 Å². The number of likely N-dealkylation sites (tertiary alicyclic amines) is 1. The molecule has 3 atom stereocenters. The molecule has 2 amide bonds. The number of piperidine rings is 1. The van der Waals surface area contributed by atoms with E-state index in [1.54, 1.807) is 12.0 Å². The van der Waals surface area contributed by atoms with Crippen molar-refractivity contribution in [2.45, 2.75) is 63.2 Å². The molecule has 2 aromatic carbocycles. The van der Waals surface area contributed by atoms with Gasteiger partial charge in [-0.3, -0.25) is 14.5 Å². The second kappa shape index (κ2) is 10.4. The van der Waals surface area contributed by atoms with Gasteiger partial charge in [0.15, 0.2) is 0 Å².